The van der Waals surface area contributed by atoms with Gasteiger partial charge in [0.1, 0.15) is 5.03 Å². The number of amides is 1. The van der Waals surface area contributed by atoms with Crippen LogP contribution in [-0.4, -0.2) is 11.7 Å². The summed E-state index contributed by atoms with van der Waals surface area (Å²) in [6.45, 7) is 0. The molecule has 1 atom stereocenters. The van der Waals surface area contributed by atoms with Gasteiger partial charge in [0.05, 0.1) is 5.70 Å². The average Bonchev–Trinajstić information content (AvgIpc) is 2.76. The topological polar surface area (TPSA) is 37.4 Å². The van der Waals surface area contributed by atoms with Gasteiger partial charge in [-0.15, -0.1) is 0 Å². The first-order valence-corrected chi connectivity index (χ1v) is 9.45. The Morgan fingerprint density at radius 1 is 0.714 bits per heavy atom. The number of para-hydroxylation sites is 1. The fourth-order valence-electron chi connectivity index (χ4n) is 3.31. The molecule has 0 fully saturated rings. The van der Waals surface area contributed by atoms with Crippen molar-refractivity contribution in [3.05, 3.63) is 107 Å². The number of rotatable bonds is 3. The zero-order valence-electron chi connectivity index (χ0n) is 14.7. The Bertz CT molecular complexity index is 1070. The van der Waals surface area contributed by atoms with Gasteiger partial charge in [-0.05, 0) is 17.7 Å². The second kappa shape index (κ2) is 7.27. The number of allylic oxidation sites excluding steroid dienone is 1. The molecule has 1 heterocycles. The molecule has 1 amide bonds. The van der Waals surface area contributed by atoms with E-state index in [1.807, 2.05) is 36.4 Å². The minimum Gasteiger partial charge on any atom is -0.290 e. The van der Waals surface area contributed by atoms with Crippen LogP contribution in [0.4, 0.5) is 5.69 Å². The SMILES string of the molecule is O=C1C(Cl)=C(c2ccccc2)N(c2ccccc2)C(=O)[C@@]1(Cl)c1ccccc1. The second-order valence-corrected chi connectivity index (χ2v) is 7.30. The number of hydrogen-bond acceptors (Lipinski definition) is 2. The van der Waals surface area contributed by atoms with E-state index in [2.05, 4.69) is 0 Å². The lowest BCUT2D eigenvalue weighted by Gasteiger charge is -2.38. The maximum atomic E-state index is 13.7. The van der Waals surface area contributed by atoms with Crippen molar-refractivity contribution in [1.29, 1.82) is 0 Å². The van der Waals surface area contributed by atoms with Gasteiger partial charge in [-0.2, -0.15) is 0 Å². The molecule has 0 saturated heterocycles. The lowest BCUT2D eigenvalue weighted by Crippen LogP contribution is -2.52. The third kappa shape index (κ3) is 2.84. The van der Waals surface area contributed by atoms with Crippen LogP contribution in [0.2, 0.25) is 0 Å². The van der Waals surface area contributed by atoms with Crippen molar-refractivity contribution in [2.45, 2.75) is 4.87 Å². The predicted octanol–water partition coefficient (Wildman–Crippen LogP) is 5.34. The molecule has 0 aromatic heterocycles. The van der Waals surface area contributed by atoms with Crippen LogP contribution >= 0.6 is 23.2 Å². The Morgan fingerprint density at radius 3 is 1.79 bits per heavy atom. The number of ketones is 1. The van der Waals surface area contributed by atoms with Gasteiger partial charge in [-0.3, -0.25) is 14.5 Å². The molecule has 1 aliphatic rings. The van der Waals surface area contributed by atoms with Crippen molar-refractivity contribution in [3.63, 3.8) is 0 Å². The molecular formula is C23H15Cl2NO2. The van der Waals surface area contributed by atoms with Crippen LogP contribution < -0.4 is 4.90 Å². The first-order valence-electron chi connectivity index (χ1n) is 8.69. The Morgan fingerprint density at radius 2 is 1.21 bits per heavy atom. The highest BCUT2D eigenvalue weighted by molar-refractivity contribution is 6.61. The van der Waals surface area contributed by atoms with Gasteiger partial charge in [0.15, 0.2) is 0 Å². The second-order valence-electron chi connectivity index (χ2n) is 6.36. The number of carbonyl (C=O) groups excluding carboxylic acids is 2. The van der Waals surface area contributed by atoms with E-state index in [1.165, 1.54) is 4.90 Å². The van der Waals surface area contributed by atoms with Crippen LogP contribution in [0, 0.1) is 0 Å². The fourth-order valence-corrected chi connectivity index (χ4v) is 4.00. The standard InChI is InChI=1S/C23H15Cl2NO2/c24-19-20(16-10-4-1-5-11-16)26(18-14-8-3-9-15-18)22(28)23(25,21(19)27)17-12-6-2-7-13-17/h1-15H/t23-/m1/s1. The average molecular weight is 408 g/mol. The van der Waals surface area contributed by atoms with Crippen LogP contribution in [0.3, 0.4) is 0 Å². The minimum absolute atomic E-state index is 0.0755. The number of Topliss-reactive ketones (excluding diaryl/α,β-unsaturated/α-hetero) is 1. The number of benzene rings is 3. The lowest BCUT2D eigenvalue weighted by atomic mass is 9.87. The third-order valence-corrected chi connectivity index (χ3v) is 5.58. The monoisotopic (exact) mass is 407 g/mol. The van der Waals surface area contributed by atoms with Crippen molar-refractivity contribution in [2.75, 3.05) is 4.90 Å². The van der Waals surface area contributed by atoms with E-state index >= 15 is 0 Å². The van der Waals surface area contributed by atoms with Crippen LogP contribution in [0.25, 0.3) is 5.70 Å². The molecule has 3 aromatic carbocycles. The highest BCUT2D eigenvalue weighted by atomic mass is 35.5. The molecule has 4 rings (SSSR count). The number of hydrogen-bond donors (Lipinski definition) is 0. The Balaban J connectivity index is 2.00. The van der Waals surface area contributed by atoms with Crippen LogP contribution in [0.15, 0.2) is 96.0 Å². The van der Waals surface area contributed by atoms with Gasteiger partial charge >= 0.3 is 0 Å². The number of halogens is 2. The minimum atomic E-state index is -1.92. The van der Waals surface area contributed by atoms with E-state index in [-0.39, 0.29) is 5.03 Å². The smallest absolute Gasteiger partial charge is 0.265 e. The van der Waals surface area contributed by atoms with E-state index in [1.54, 1.807) is 54.6 Å². The lowest BCUT2D eigenvalue weighted by molar-refractivity contribution is -0.129. The Kier molecular flexibility index (Phi) is 4.80. The van der Waals surface area contributed by atoms with Crippen molar-refractivity contribution < 1.29 is 9.59 Å². The van der Waals surface area contributed by atoms with E-state index in [9.17, 15) is 9.59 Å². The third-order valence-electron chi connectivity index (χ3n) is 4.67. The van der Waals surface area contributed by atoms with E-state index in [0.717, 1.165) is 0 Å². The molecule has 5 heteroatoms. The molecule has 0 bridgehead atoms. The Hall–Kier alpha value is -2.88. The summed E-state index contributed by atoms with van der Waals surface area (Å²) in [6, 6.07) is 26.7. The summed E-state index contributed by atoms with van der Waals surface area (Å²) >= 11 is 13.3. The summed E-state index contributed by atoms with van der Waals surface area (Å²) in [5.74, 6) is -1.18. The van der Waals surface area contributed by atoms with Gasteiger partial charge in [-0.25, -0.2) is 0 Å². The quantitative estimate of drug-likeness (QED) is 0.433. The molecule has 0 spiro atoms. The molecule has 0 N–H and O–H groups in total. The zero-order valence-corrected chi connectivity index (χ0v) is 16.2. The Labute approximate surface area is 172 Å². The maximum Gasteiger partial charge on any atom is 0.265 e. The normalized spacial score (nSPS) is 19.9. The molecule has 0 radical (unpaired) electrons. The molecule has 3 aromatic rings. The first-order chi connectivity index (χ1) is 13.5. The van der Waals surface area contributed by atoms with Gasteiger partial charge in [0, 0.05) is 11.3 Å². The summed E-state index contributed by atoms with van der Waals surface area (Å²) in [6.07, 6.45) is 0. The van der Waals surface area contributed by atoms with Crippen molar-refractivity contribution in [2.24, 2.45) is 0 Å². The highest BCUT2D eigenvalue weighted by Crippen LogP contribution is 2.46. The molecular weight excluding hydrogens is 393 g/mol. The maximum absolute atomic E-state index is 13.7. The van der Waals surface area contributed by atoms with Crippen LogP contribution in [0.5, 0.6) is 0 Å². The van der Waals surface area contributed by atoms with Gasteiger partial charge in [0.2, 0.25) is 10.7 Å². The van der Waals surface area contributed by atoms with E-state index in [0.29, 0.717) is 22.5 Å². The van der Waals surface area contributed by atoms with Crippen LogP contribution in [0.1, 0.15) is 11.1 Å². The zero-order chi connectivity index (χ0) is 19.7. The predicted molar refractivity (Wildman–Crippen MR) is 112 cm³/mol. The first kappa shape index (κ1) is 18.5. The van der Waals surface area contributed by atoms with E-state index in [4.69, 9.17) is 23.2 Å². The highest BCUT2D eigenvalue weighted by Gasteiger charge is 2.54. The number of carbonyl (C=O) groups is 2. The molecule has 0 unspecified atom stereocenters. The summed E-state index contributed by atoms with van der Waals surface area (Å²) in [5, 5.41) is -0.0755. The molecule has 0 aliphatic carbocycles. The number of alkyl halides is 1. The summed E-state index contributed by atoms with van der Waals surface area (Å²) in [4.78, 5) is 26.4. The largest absolute Gasteiger partial charge is 0.290 e. The van der Waals surface area contributed by atoms with Crippen molar-refractivity contribution >= 4 is 46.3 Å². The molecule has 0 saturated carbocycles. The molecule has 1 aliphatic heterocycles. The summed E-state index contributed by atoms with van der Waals surface area (Å²) < 4.78 is 0. The fraction of sp³-hybridized carbons (Fsp3) is 0.0435. The summed E-state index contributed by atoms with van der Waals surface area (Å²) in [7, 11) is 0. The number of nitrogens with zero attached hydrogens (tertiary/aromatic N) is 1. The van der Waals surface area contributed by atoms with Crippen LogP contribution in [-0.2, 0) is 14.5 Å². The van der Waals surface area contributed by atoms with Gasteiger partial charge in [-0.1, -0.05) is 102 Å². The summed E-state index contributed by atoms with van der Waals surface area (Å²) in [5.41, 5.74) is 1.95. The molecule has 3 nitrogen and oxygen atoms in total. The van der Waals surface area contributed by atoms with E-state index < -0.39 is 16.6 Å². The van der Waals surface area contributed by atoms with Crippen molar-refractivity contribution in [1.82, 2.24) is 0 Å². The van der Waals surface area contributed by atoms with Gasteiger partial charge in [0.25, 0.3) is 5.91 Å². The number of anilines is 1. The molecule has 28 heavy (non-hydrogen) atoms. The molecule has 138 valence electrons. The van der Waals surface area contributed by atoms with Gasteiger partial charge < -0.3 is 0 Å². The van der Waals surface area contributed by atoms with Crippen molar-refractivity contribution in [3.8, 4) is 0 Å².